The van der Waals surface area contributed by atoms with Crippen molar-refractivity contribution in [3.8, 4) is 11.1 Å². The van der Waals surface area contributed by atoms with Crippen LogP contribution in [0.4, 0.5) is 4.79 Å². The highest BCUT2D eigenvalue weighted by Gasteiger charge is 2.29. The van der Waals surface area contributed by atoms with E-state index in [1.54, 1.807) is 6.92 Å². The van der Waals surface area contributed by atoms with E-state index in [1.807, 2.05) is 24.3 Å². The maximum Gasteiger partial charge on any atom is 0.407 e. The molecule has 0 bridgehead atoms. The Morgan fingerprint density at radius 3 is 2.31 bits per heavy atom. The minimum Gasteiger partial charge on any atom is -0.479 e. The SMILES string of the molecule is Cc1sc(CNC(=O)OCC2c3ccccc3-c3ccccc32)nc1C(=O)NCCC(O)C(=O)O. The molecule has 0 spiro atoms. The van der Waals surface area contributed by atoms with E-state index in [0.29, 0.717) is 9.88 Å². The van der Waals surface area contributed by atoms with Crippen molar-refractivity contribution in [3.05, 3.63) is 75.2 Å². The molecule has 182 valence electrons. The number of carbonyl (C=O) groups excluding carboxylic acids is 2. The molecule has 4 rings (SSSR count). The molecule has 9 nitrogen and oxygen atoms in total. The first-order valence-corrected chi connectivity index (χ1v) is 11.9. The lowest BCUT2D eigenvalue weighted by atomic mass is 9.98. The zero-order valence-corrected chi connectivity index (χ0v) is 19.8. The first-order valence-electron chi connectivity index (χ1n) is 11.1. The quantitative estimate of drug-likeness (QED) is 0.358. The Morgan fingerprint density at radius 2 is 1.69 bits per heavy atom. The summed E-state index contributed by atoms with van der Waals surface area (Å²) in [6.45, 7) is 2.03. The summed E-state index contributed by atoms with van der Waals surface area (Å²) in [4.78, 5) is 40.3. The lowest BCUT2D eigenvalue weighted by molar-refractivity contribution is -0.146. The van der Waals surface area contributed by atoms with E-state index in [0.717, 1.165) is 22.3 Å². The van der Waals surface area contributed by atoms with Crippen LogP contribution in [0.5, 0.6) is 0 Å². The van der Waals surface area contributed by atoms with E-state index in [-0.39, 0.29) is 37.7 Å². The van der Waals surface area contributed by atoms with Crippen molar-refractivity contribution in [3.63, 3.8) is 0 Å². The number of hydrogen-bond donors (Lipinski definition) is 4. The zero-order valence-electron chi connectivity index (χ0n) is 19.0. The molecule has 1 heterocycles. The maximum absolute atomic E-state index is 12.4. The first kappa shape index (κ1) is 24.4. The molecule has 1 atom stereocenters. The van der Waals surface area contributed by atoms with Crippen LogP contribution in [-0.2, 0) is 16.1 Å². The van der Waals surface area contributed by atoms with Crippen LogP contribution in [0.25, 0.3) is 11.1 Å². The van der Waals surface area contributed by atoms with Gasteiger partial charge < -0.3 is 25.6 Å². The van der Waals surface area contributed by atoms with Crippen LogP contribution in [0.2, 0.25) is 0 Å². The number of thiazole rings is 1. The van der Waals surface area contributed by atoms with Crippen molar-refractivity contribution in [1.82, 2.24) is 15.6 Å². The largest absolute Gasteiger partial charge is 0.479 e. The first-order chi connectivity index (χ1) is 16.8. The van der Waals surface area contributed by atoms with E-state index < -0.39 is 24.1 Å². The molecule has 3 aromatic rings. The second-order valence-corrected chi connectivity index (χ2v) is 9.38. The van der Waals surface area contributed by atoms with Gasteiger partial charge in [0.2, 0.25) is 0 Å². The number of carboxylic acid groups (broad SMARTS) is 1. The molecule has 0 aliphatic heterocycles. The number of aryl methyl sites for hydroxylation is 1. The van der Waals surface area contributed by atoms with Gasteiger partial charge in [0.15, 0.2) is 6.10 Å². The van der Waals surface area contributed by atoms with E-state index in [2.05, 4.69) is 39.9 Å². The number of hydrogen-bond acceptors (Lipinski definition) is 7. The Morgan fingerprint density at radius 1 is 1.06 bits per heavy atom. The van der Waals surface area contributed by atoms with Gasteiger partial charge in [0.05, 0.1) is 6.54 Å². The third-order valence-corrected chi connectivity index (χ3v) is 6.74. The molecule has 0 fully saturated rings. The molecule has 0 saturated heterocycles. The Bertz CT molecular complexity index is 1210. The Labute approximate surface area is 205 Å². The van der Waals surface area contributed by atoms with Gasteiger partial charge >= 0.3 is 12.1 Å². The molecular weight excluding hydrogens is 470 g/mol. The number of aliphatic hydroxyl groups excluding tert-OH is 1. The number of alkyl carbamates (subject to hydrolysis) is 1. The number of amides is 2. The standard InChI is InChI=1S/C25H25N3O6S/c1-14-22(23(30)26-11-10-20(29)24(31)32)28-21(35-14)12-27-25(33)34-13-19-17-8-4-2-6-15(17)16-7-3-5-9-18(16)19/h2-9,19-20,29H,10-13H2,1H3,(H,26,30)(H,27,33)(H,31,32). The van der Waals surface area contributed by atoms with Gasteiger partial charge in [-0.15, -0.1) is 11.3 Å². The lowest BCUT2D eigenvalue weighted by Crippen LogP contribution is -2.30. The number of ether oxygens (including phenoxy) is 1. The molecule has 1 aliphatic carbocycles. The van der Waals surface area contributed by atoms with Crippen molar-refractivity contribution in [1.29, 1.82) is 0 Å². The van der Waals surface area contributed by atoms with E-state index >= 15 is 0 Å². The summed E-state index contributed by atoms with van der Waals surface area (Å²) in [5.74, 6) is -1.85. The van der Waals surface area contributed by atoms with Crippen LogP contribution in [-0.4, -0.2) is 52.4 Å². The molecule has 2 amide bonds. The van der Waals surface area contributed by atoms with Crippen LogP contribution in [0.1, 0.15) is 43.8 Å². The molecule has 4 N–H and O–H groups in total. The lowest BCUT2D eigenvalue weighted by Gasteiger charge is -2.14. The topological polar surface area (TPSA) is 138 Å². The fourth-order valence-corrected chi connectivity index (χ4v) is 4.93. The van der Waals surface area contributed by atoms with Crippen molar-refractivity contribution in [2.75, 3.05) is 13.2 Å². The number of aromatic nitrogens is 1. The monoisotopic (exact) mass is 495 g/mol. The minimum atomic E-state index is -1.54. The van der Waals surface area contributed by atoms with E-state index in [1.165, 1.54) is 11.3 Å². The van der Waals surface area contributed by atoms with E-state index in [9.17, 15) is 19.5 Å². The second-order valence-electron chi connectivity index (χ2n) is 8.09. The maximum atomic E-state index is 12.4. The summed E-state index contributed by atoms with van der Waals surface area (Å²) in [5, 5.41) is 23.7. The van der Waals surface area contributed by atoms with Gasteiger partial charge in [-0.25, -0.2) is 14.6 Å². The summed E-state index contributed by atoms with van der Waals surface area (Å²) in [6, 6.07) is 16.2. The van der Waals surface area contributed by atoms with Gasteiger partial charge in [0.1, 0.15) is 17.3 Å². The van der Waals surface area contributed by atoms with Gasteiger partial charge in [-0.1, -0.05) is 48.5 Å². The zero-order chi connectivity index (χ0) is 24.9. The van der Waals surface area contributed by atoms with Crippen LogP contribution >= 0.6 is 11.3 Å². The summed E-state index contributed by atoms with van der Waals surface area (Å²) in [6.07, 6.45) is -2.22. The molecule has 0 saturated carbocycles. The minimum absolute atomic E-state index is 0.00337. The third-order valence-electron chi connectivity index (χ3n) is 5.77. The average Bonchev–Trinajstić information content (AvgIpc) is 3.38. The summed E-state index contributed by atoms with van der Waals surface area (Å²) in [7, 11) is 0. The highest BCUT2D eigenvalue weighted by atomic mass is 32.1. The summed E-state index contributed by atoms with van der Waals surface area (Å²) in [5.41, 5.74) is 4.76. The number of carbonyl (C=O) groups is 3. The molecule has 1 unspecified atom stereocenters. The molecule has 1 aromatic heterocycles. The van der Waals surface area contributed by atoms with Gasteiger partial charge in [-0.05, 0) is 29.2 Å². The van der Waals surface area contributed by atoms with Gasteiger partial charge in [0, 0.05) is 23.8 Å². The number of aliphatic carboxylic acids is 1. The van der Waals surface area contributed by atoms with Crippen molar-refractivity contribution < 1.29 is 29.3 Å². The number of aliphatic hydroxyl groups is 1. The van der Waals surface area contributed by atoms with Crippen LogP contribution in [0, 0.1) is 6.92 Å². The van der Waals surface area contributed by atoms with Crippen molar-refractivity contribution >= 4 is 29.3 Å². The number of benzene rings is 2. The highest BCUT2D eigenvalue weighted by Crippen LogP contribution is 2.44. The third kappa shape index (κ3) is 5.50. The van der Waals surface area contributed by atoms with Crippen molar-refractivity contribution in [2.24, 2.45) is 0 Å². The highest BCUT2D eigenvalue weighted by molar-refractivity contribution is 7.11. The smallest absolute Gasteiger partial charge is 0.407 e. The molecular formula is C25H25N3O6S. The number of fused-ring (bicyclic) bond motifs is 3. The number of nitrogens with one attached hydrogen (secondary N) is 2. The van der Waals surface area contributed by atoms with Crippen LogP contribution in [0.3, 0.4) is 0 Å². The Hall–Kier alpha value is -3.76. The van der Waals surface area contributed by atoms with Crippen molar-refractivity contribution in [2.45, 2.75) is 31.9 Å². The molecule has 1 aliphatic rings. The van der Waals surface area contributed by atoms with Crippen LogP contribution < -0.4 is 10.6 Å². The average molecular weight is 496 g/mol. The number of carboxylic acids is 1. The fraction of sp³-hybridized carbons (Fsp3) is 0.280. The number of nitrogens with zero attached hydrogens (tertiary/aromatic N) is 1. The summed E-state index contributed by atoms with van der Waals surface area (Å²) < 4.78 is 5.52. The Balaban J connectivity index is 1.29. The molecule has 0 radical (unpaired) electrons. The molecule has 35 heavy (non-hydrogen) atoms. The number of rotatable bonds is 9. The fourth-order valence-electron chi connectivity index (χ4n) is 4.06. The van der Waals surface area contributed by atoms with Gasteiger partial charge in [-0.3, -0.25) is 4.79 Å². The summed E-state index contributed by atoms with van der Waals surface area (Å²) >= 11 is 1.27. The predicted molar refractivity (Wildman–Crippen MR) is 129 cm³/mol. The van der Waals surface area contributed by atoms with Gasteiger partial charge in [0.25, 0.3) is 5.91 Å². The molecule has 10 heteroatoms. The second kappa shape index (κ2) is 10.7. The Kier molecular flexibility index (Phi) is 7.42. The van der Waals surface area contributed by atoms with Crippen LogP contribution in [0.15, 0.2) is 48.5 Å². The normalized spacial score (nSPS) is 13.0. The van der Waals surface area contributed by atoms with Gasteiger partial charge in [-0.2, -0.15) is 0 Å². The predicted octanol–water partition coefficient (Wildman–Crippen LogP) is 3.06. The van der Waals surface area contributed by atoms with E-state index in [4.69, 9.17) is 9.84 Å². The molecule has 2 aromatic carbocycles.